The highest BCUT2D eigenvalue weighted by atomic mass is 79.9. The second-order valence-corrected chi connectivity index (χ2v) is 5.92. The number of alkyl halides is 1. The fraction of sp³-hybridized carbons (Fsp3) is 0.667. The SMILES string of the molecule is COCC(Br)CN(C)c1nccn(C2CC2)c1=O. The fourth-order valence-electron chi connectivity index (χ4n) is 1.93. The largest absolute Gasteiger partial charge is 0.383 e. The number of methoxy groups -OCH3 is 1. The Morgan fingerprint density at radius 1 is 1.67 bits per heavy atom. The molecule has 100 valence electrons. The fourth-order valence-corrected chi connectivity index (χ4v) is 2.63. The summed E-state index contributed by atoms with van der Waals surface area (Å²) in [6.07, 6.45) is 5.67. The van der Waals surface area contributed by atoms with Crippen molar-refractivity contribution in [3.63, 3.8) is 0 Å². The van der Waals surface area contributed by atoms with E-state index in [-0.39, 0.29) is 10.4 Å². The van der Waals surface area contributed by atoms with E-state index in [1.165, 1.54) is 0 Å². The molecule has 1 aromatic rings. The number of anilines is 1. The molecule has 0 aromatic carbocycles. The van der Waals surface area contributed by atoms with Gasteiger partial charge in [-0.25, -0.2) is 4.98 Å². The van der Waals surface area contributed by atoms with Crippen LogP contribution in [0.25, 0.3) is 0 Å². The van der Waals surface area contributed by atoms with Gasteiger partial charge in [0, 0.05) is 39.1 Å². The standard InChI is InChI=1S/C12H18BrN3O2/c1-15(7-9(13)8-18-2)11-12(17)16(6-5-14-11)10-3-4-10/h5-6,9-10H,3-4,7-8H2,1-2H3. The first-order valence-corrected chi connectivity index (χ1v) is 6.96. The van der Waals surface area contributed by atoms with E-state index in [1.54, 1.807) is 24.1 Å². The first kappa shape index (κ1) is 13.5. The van der Waals surface area contributed by atoms with Gasteiger partial charge in [-0.05, 0) is 12.8 Å². The van der Waals surface area contributed by atoms with Crippen LogP contribution < -0.4 is 10.5 Å². The van der Waals surface area contributed by atoms with Crippen molar-refractivity contribution < 1.29 is 4.74 Å². The normalized spacial score (nSPS) is 16.6. The van der Waals surface area contributed by atoms with E-state index < -0.39 is 0 Å². The lowest BCUT2D eigenvalue weighted by molar-refractivity contribution is 0.201. The van der Waals surface area contributed by atoms with Gasteiger partial charge in [-0.2, -0.15) is 0 Å². The van der Waals surface area contributed by atoms with Crippen molar-refractivity contribution in [2.45, 2.75) is 23.7 Å². The number of ether oxygens (including phenoxy) is 1. The molecule has 1 atom stereocenters. The molecule has 1 saturated carbocycles. The molecule has 5 nitrogen and oxygen atoms in total. The van der Waals surface area contributed by atoms with Crippen LogP contribution in [0.3, 0.4) is 0 Å². The van der Waals surface area contributed by atoms with E-state index in [2.05, 4.69) is 20.9 Å². The van der Waals surface area contributed by atoms with Gasteiger partial charge in [0.25, 0.3) is 5.56 Å². The molecule has 0 spiro atoms. The van der Waals surface area contributed by atoms with Crippen LogP contribution in [0.5, 0.6) is 0 Å². The van der Waals surface area contributed by atoms with Gasteiger partial charge in [0.05, 0.1) is 11.4 Å². The van der Waals surface area contributed by atoms with E-state index in [0.29, 0.717) is 25.0 Å². The second kappa shape index (κ2) is 5.84. The van der Waals surface area contributed by atoms with Gasteiger partial charge in [0.1, 0.15) is 0 Å². The molecular weight excluding hydrogens is 298 g/mol. The van der Waals surface area contributed by atoms with Crippen LogP contribution in [0.2, 0.25) is 0 Å². The molecule has 0 saturated heterocycles. The lowest BCUT2D eigenvalue weighted by Crippen LogP contribution is -2.35. The Hall–Kier alpha value is -0.880. The van der Waals surface area contributed by atoms with Crippen molar-refractivity contribution in [3.05, 3.63) is 22.7 Å². The first-order valence-electron chi connectivity index (χ1n) is 6.04. The Kier molecular flexibility index (Phi) is 4.40. The highest BCUT2D eigenvalue weighted by Gasteiger charge is 2.26. The van der Waals surface area contributed by atoms with Crippen molar-refractivity contribution in [1.29, 1.82) is 0 Å². The summed E-state index contributed by atoms with van der Waals surface area (Å²) in [6, 6.07) is 0.381. The Bertz CT molecular complexity index is 459. The first-order chi connectivity index (χ1) is 8.63. The maximum Gasteiger partial charge on any atom is 0.293 e. The maximum absolute atomic E-state index is 12.2. The van der Waals surface area contributed by atoms with Gasteiger partial charge < -0.3 is 14.2 Å². The van der Waals surface area contributed by atoms with E-state index in [0.717, 1.165) is 12.8 Å². The zero-order valence-corrected chi connectivity index (χ0v) is 12.3. The number of aromatic nitrogens is 2. The minimum atomic E-state index is -0.000355. The van der Waals surface area contributed by atoms with Crippen LogP contribution >= 0.6 is 15.9 Å². The predicted octanol–water partition coefficient (Wildman–Crippen LogP) is 1.42. The second-order valence-electron chi connectivity index (χ2n) is 4.63. The summed E-state index contributed by atoms with van der Waals surface area (Å²) in [5.41, 5.74) is -0.000355. The molecule has 1 aliphatic rings. The average Bonchev–Trinajstić information content (AvgIpc) is 3.13. The predicted molar refractivity (Wildman–Crippen MR) is 74.6 cm³/mol. The van der Waals surface area contributed by atoms with Gasteiger partial charge in [-0.3, -0.25) is 4.79 Å². The molecule has 1 aromatic heterocycles. The summed E-state index contributed by atoms with van der Waals surface area (Å²) in [6.45, 7) is 1.29. The summed E-state index contributed by atoms with van der Waals surface area (Å²) in [5.74, 6) is 0.505. The minimum Gasteiger partial charge on any atom is -0.383 e. The zero-order valence-electron chi connectivity index (χ0n) is 10.7. The molecule has 0 bridgehead atoms. The van der Waals surface area contributed by atoms with Crippen molar-refractivity contribution in [1.82, 2.24) is 9.55 Å². The molecule has 1 heterocycles. The molecule has 0 aliphatic heterocycles. The van der Waals surface area contributed by atoms with Crippen LogP contribution in [0.15, 0.2) is 17.2 Å². The van der Waals surface area contributed by atoms with Crippen molar-refractivity contribution >= 4 is 21.7 Å². The van der Waals surface area contributed by atoms with Crippen LogP contribution in [-0.2, 0) is 4.74 Å². The lowest BCUT2D eigenvalue weighted by Gasteiger charge is -2.21. The van der Waals surface area contributed by atoms with Crippen LogP contribution in [-0.4, -0.2) is 41.7 Å². The summed E-state index contributed by atoms with van der Waals surface area (Å²) >= 11 is 3.52. The van der Waals surface area contributed by atoms with E-state index in [4.69, 9.17) is 4.74 Å². The smallest absolute Gasteiger partial charge is 0.293 e. The van der Waals surface area contributed by atoms with Gasteiger partial charge in [-0.15, -0.1) is 0 Å². The monoisotopic (exact) mass is 315 g/mol. The molecule has 1 unspecified atom stereocenters. The van der Waals surface area contributed by atoms with Crippen molar-refractivity contribution in [3.8, 4) is 0 Å². The number of hydrogen-bond donors (Lipinski definition) is 0. The highest BCUT2D eigenvalue weighted by Crippen LogP contribution is 2.33. The average molecular weight is 316 g/mol. The van der Waals surface area contributed by atoms with Gasteiger partial charge in [-0.1, -0.05) is 15.9 Å². The van der Waals surface area contributed by atoms with Gasteiger partial charge in [0.2, 0.25) is 0 Å². The van der Waals surface area contributed by atoms with Crippen LogP contribution in [0, 0.1) is 0 Å². The summed E-state index contributed by atoms with van der Waals surface area (Å²) < 4.78 is 6.86. The van der Waals surface area contributed by atoms with E-state index in [1.807, 2.05) is 11.9 Å². The molecule has 2 rings (SSSR count). The van der Waals surface area contributed by atoms with E-state index >= 15 is 0 Å². The summed E-state index contributed by atoms with van der Waals surface area (Å²) in [7, 11) is 3.54. The highest BCUT2D eigenvalue weighted by molar-refractivity contribution is 9.09. The van der Waals surface area contributed by atoms with E-state index in [9.17, 15) is 4.79 Å². The van der Waals surface area contributed by atoms with Gasteiger partial charge in [0.15, 0.2) is 5.82 Å². The summed E-state index contributed by atoms with van der Waals surface area (Å²) in [5, 5.41) is 0. The zero-order chi connectivity index (χ0) is 13.1. The van der Waals surface area contributed by atoms with Crippen molar-refractivity contribution in [2.24, 2.45) is 0 Å². The maximum atomic E-state index is 12.2. The Morgan fingerprint density at radius 2 is 2.39 bits per heavy atom. The Morgan fingerprint density at radius 3 is 3.00 bits per heavy atom. The van der Waals surface area contributed by atoms with Crippen LogP contribution in [0.4, 0.5) is 5.82 Å². The minimum absolute atomic E-state index is 0.000355. The molecule has 0 N–H and O–H groups in total. The molecule has 0 amide bonds. The third kappa shape index (κ3) is 3.11. The number of hydrogen-bond acceptors (Lipinski definition) is 4. The Labute approximate surface area is 115 Å². The molecule has 1 aliphatic carbocycles. The molecule has 18 heavy (non-hydrogen) atoms. The number of halogens is 1. The molecule has 0 radical (unpaired) electrons. The topological polar surface area (TPSA) is 47.4 Å². The van der Waals surface area contributed by atoms with Gasteiger partial charge >= 0.3 is 0 Å². The molecule has 6 heteroatoms. The van der Waals surface area contributed by atoms with Crippen molar-refractivity contribution in [2.75, 3.05) is 32.2 Å². The van der Waals surface area contributed by atoms with Crippen LogP contribution in [0.1, 0.15) is 18.9 Å². The molecular formula is C12H18BrN3O2. The summed E-state index contributed by atoms with van der Waals surface area (Å²) in [4.78, 5) is 18.5. The molecule has 1 fully saturated rings. The number of nitrogens with zero attached hydrogens (tertiary/aromatic N) is 3. The third-order valence-electron chi connectivity index (χ3n) is 2.97. The lowest BCUT2D eigenvalue weighted by atomic mass is 10.4. The Balaban J connectivity index is 2.12. The quantitative estimate of drug-likeness (QED) is 0.745. The third-order valence-corrected chi connectivity index (χ3v) is 3.53. The number of rotatable bonds is 6.